The van der Waals surface area contributed by atoms with E-state index < -0.39 is 89.7 Å². The number of amides is 4. The van der Waals surface area contributed by atoms with E-state index in [9.17, 15) is 37.9 Å². The molecule has 0 aromatic carbocycles. The zero-order chi connectivity index (χ0) is 29.2. The zero-order valence-corrected chi connectivity index (χ0v) is 23.3. The summed E-state index contributed by atoms with van der Waals surface area (Å²) in [7, 11) is 0. The van der Waals surface area contributed by atoms with Crippen LogP contribution in [0.2, 0.25) is 0 Å². The molecule has 220 valence electrons. The molecule has 6 atom stereocenters. The molecule has 0 aromatic rings. The fourth-order valence-corrected chi connectivity index (χ4v) is 5.52. The van der Waals surface area contributed by atoms with Gasteiger partial charge in [0.15, 0.2) is 0 Å². The van der Waals surface area contributed by atoms with Crippen LogP contribution in [-0.2, 0) is 24.0 Å². The van der Waals surface area contributed by atoms with E-state index in [0.29, 0.717) is 6.42 Å². The van der Waals surface area contributed by atoms with Crippen LogP contribution >= 0.6 is 0 Å². The summed E-state index contributed by atoms with van der Waals surface area (Å²) in [6.45, 7) is 8.01. The molecule has 0 spiro atoms. The summed E-state index contributed by atoms with van der Waals surface area (Å²) in [5.74, 6) is -9.90. The lowest BCUT2D eigenvalue weighted by atomic mass is 9.91. The molecule has 0 radical (unpaired) electrons. The molecule has 2 aliphatic carbocycles. The first-order valence-corrected chi connectivity index (χ1v) is 14.0. The molecule has 3 aliphatic rings. The van der Waals surface area contributed by atoms with E-state index in [2.05, 4.69) is 16.0 Å². The molecule has 4 amide bonds. The van der Waals surface area contributed by atoms with Crippen molar-refractivity contribution in [2.75, 3.05) is 6.54 Å². The van der Waals surface area contributed by atoms with Crippen molar-refractivity contribution < 1.29 is 37.9 Å². The van der Waals surface area contributed by atoms with Crippen LogP contribution < -0.4 is 16.0 Å². The number of hydrogen-bond acceptors (Lipinski definition) is 6. The molecular weight excluding hydrogens is 514 g/mol. The highest BCUT2D eigenvalue weighted by molar-refractivity contribution is 6.38. The number of nitrogens with one attached hydrogen (secondary N) is 3. The van der Waals surface area contributed by atoms with Crippen LogP contribution in [0.4, 0.5) is 8.78 Å². The number of Topliss-reactive ketones (excluding diaryl/α,β-unsaturated/α-hetero) is 1. The van der Waals surface area contributed by atoms with Crippen molar-refractivity contribution in [3.05, 3.63) is 0 Å². The minimum absolute atomic E-state index is 0.0128. The van der Waals surface area contributed by atoms with Crippen LogP contribution in [0.25, 0.3) is 0 Å². The van der Waals surface area contributed by atoms with Gasteiger partial charge in [-0.25, -0.2) is 8.78 Å². The number of aliphatic hydroxyl groups excluding tert-OH is 1. The highest BCUT2D eigenvalue weighted by Gasteiger charge is 2.61. The normalized spacial score (nSPS) is 26.1. The van der Waals surface area contributed by atoms with E-state index in [4.69, 9.17) is 0 Å². The molecule has 3 rings (SSSR count). The number of carbonyl (C=O) groups is 5. The van der Waals surface area contributed by atoms with Crippen LogP contribution in [0.1, 0.15) is 73.1 Å². The highest BCUT2D eigenvalue weighted by atomic mass is 19.3. The van der Waals surface area contributed by atoms with E-state index in [1.54, 1.807) is 34.6 Å². The van der Waals surface area contributed by atoms with Crippen LogP contribution in [0.3, 0.4) is 0 Å². The van der Waals surface area contributed by atoms with Gasteiger partial charge >= 0.3 is 0 Å². The van der Waals surface area contributed by atoms with Crippen LogP contribution in [0.5, 0.6) is 0 Å². The van der Waals surface area contributed by atoms with Crippen LogP contribution in [0.15, 0.2) is 0 Å². The zero-order valence-electron chi connectivity index (χ0n) is 23.3. The Bertz CT molecular complexity index is 970. The Hall–Kier alpha value is -2.63. The third kappa shape index (κ3) is 6.93. The lowest BCUT2D eigenvalue weighted by Gasteiger charge is -2.33. The van der Waals surface area contributed by atoms with Crippen molar-refractivity contribution in [1.29, 1.82) is 0 Å². The first-order valence-electron chi connectivity index (χ1n) is 14.0. The predicted molar refractivity (Wildman–Crippen MR) is 137 cm³/mol. The Morgan fingerprint density at radius 3 is 2.18 bits per heavy atom. The summed E-state index contributed by atoms with van der Waals surface area (Å²) >= 11 is 0. The third-order valence-corrected chi connectivity index (χ3v) is 8.03. The third-order valence-electron chi connectivity index (χ3n) is 8.03. The van der Waals surface area contributed by atoms with Crippen molar-refractivity contribution in [3.8, 4) is 0 Å². The number of nitrogens with zero attached hydrogens (tertiary/aromatic N) is 1. The standard InChI is InChI=1S/C27H42F2N4O6/c1-6-7-18(22(35)25(38)30-15-8-9-15)31-23(36)20-16-10-11-27(28,29)17(16)12-33(20)26(39)19(13(2)3)32-24(37)21(34)14(4)5/h13-21,34H,6-12H2,1-5H3,(H,30,38)(H,31,36)(H,32,37)/t16-,17-,18+,19-,20-,21-/m0/s1. The van der Waals surface area contributed by atoms with Crippen molar-refractivity contribution in [1.82, 2.24) is 20.9 Å². The van der Waals surface area contributed by atoms with Gasteiger partial charge in [-0.05, 0) is 43.4 Å². The molecule has 1 saturated heterocycles. The van der Waals surface area contributed by atoms with Gasteiger partial charge in [-0.3, -0.25) is 24.0 Å². The maximum atomic E-state index is 14.8. The first kappa shape index (κ1) is 30.9. The highest BCUT2D eigenvalue weighted by Crippen LogP contribution is 2.51. The second-order valence-corrected chi connectivity index (χ2v) is 11.9. The van der Waals surface area contributed by atoms with Gasteiger partial charge in [0.1, 0.15) is 18.2 Å². The average molecular weight is 557 g/mol. The largest absolute Gasteiger partial charge is 0.383 e. The maximum absolute atomic E-state index is 14.8. The van der Waals surface area contributed by atoms with E-state index in [-0.39, 0.29) is 25.4 Å². The van der Waals surface area contributed by atoms with Gasteiger partial charge in [0.05, 0.1) is 6.04 Å². The van der Waals surface area contributed by atoms with E-state index >= 15 is 0 Å². The minimum atomic E-state index is -3.08. The second kappa shape index (κ2) is 12.3. The summed E-state index contributed by atoms with van der Waals surface area (Å²) in [5, 5.41) is 17.9. The number of likely N-dealkylation sites (tertiary alicyclic amines) is 1. The molecule has 4 N–H and O–H groups in total. The van der Waals surface area contributed by atoms with Crippen LogP contribution in [0, 0.1) is 23.7 Å². The van der Waals surface area contributed by atoms with Gasteiger partial charge < -0.3 is 26.0 Å². The fourth-order valence-electron chi connectivity index (χ4n) is 5.52. The molecule has 1 aliphatic heterocycles. The van der Waals surface area contributed by atoms with Crippen LogP contribution in [-0.4, -0.2) is 82.2 Å². The van der Waals surface area contributed by atoms with E-state index in [1.165, 1.54) is 0 Å². The maximum Gasteiger partial charge on any atom is 0.289 e. The second-order valence-electron chi connectivity index (χ2n) is 11.9. The topological polar surface area (TPSA) is 145 Å². The smallest absolute Gasteiger partial charge is 0.289 e. The number of carbonyl (C=O) groups excluding carboxylic acids is 5. The van der Waals surface area contributed by atoms with Gasteiger partial charge in [0, 0.05) is 24.9 Å². The quantitative estimate of drug-likeness (QED) is 0.266. The molecule has 2 saturated carbocycles. The molecular formula is C27H42F2N4O6. The van der Waals surface area contributed by atoms with Gasteiger partial charge in [-0.1, -0.05) is 41.0 Å². The summed E-state index contributed by atoms with van der Waals surface area (Å²) in [6, 6.07) is -3.66. The number of hydrogen-bond donors (Lipinski definition) is 4. The fraction of sp³-hybridized carbons (Fsp3) is 0.815. The van der Waals surface area contributed by atoms with Crippen molar-refractivity contribution in [2.45, 2.75) is 109 Å². The average Bonchev–Trinajstić information content (AvgIpc) is 3.51. The molecule has 12 heteroatoms. The summed E-state index contributed by atoms with van der Waals surface area (Å²) < 4.78 is 29.6. The lowest BCUT2D eigenvalue weighted by Crippen LogP contribution is -2.59. The van der Waals surface area contributed by atoms with Crippen molar-refractivity contribution in [3.63, 3.8) is 0 Å². The SMILES string of the molecule is CCC[C@@H](NC(=O)[C@@H]1[C@H]2CCC(F)(F)[C@H]2CN1C(=O)[C@@H](NC(=O)[C@@H](O)C(C)C)C(C)C)C(=O)C(=O)NC1CC1. The Kier molecular flexibility index (Phi) is 9.72. The van der Waals surface area contributed by atoms with Gasteiger partial charge in [0.2, 0.25) is 23.5 Å². The first-order chi connectivity index (χ1) is 18.2. The number of aliphatic hydroxyl groups is 1. The molecule has 0 unspecified atom stereocenters. The van der Waals surface area contributed by atoms with Gasteiger partial charge in [-0.2, -0.15) is 0 Å². The monoisotopic (exact) mass is 556 g/mol. The molecule has 0 aromatic heterocycles. The van der Waals surface area contributed by atoms with Gasteiger partial charge in [-0.15, -0.1) is 0 Å². The van der Waals surface area contributed by atoms with Crippen molar-refractivity contribution in [2.24, 2.45) is 23.7 Å². The molecule has 10 nitrogen and oxygen atoms in total. The summed E-state index contributed by atoms with van der Waals surface area (Å²) in [4.78, 5) is 66.2. The van der Waals surface area contributed by atoms with Gasteiger partial charge in [0.25, 0.3) is 11.8 Å². The number of halogens is 2. The number of alkyl halides is 2. The predicted octanol–water partition coefficient (Wildman–Crippen LogP) is 1.15. The van der Waals surface area contributed by atoms with Crippen molar-refractivity contribution >= 4 is 29.4 Å². The number of fused-ring (bicyclic) bond motifs is 1. The molecule has 1 heterocycles. The number of rotatable bonds is 12. The molecule has 0 bridgehead atoms. The number of ketones is 1. The van der Waals surface area contributed by atoms with E-state index in [1.807, 2.05) is 0 Å². The lowest BCUT2D eigenvalue weighted by molar-refractivity contribution is -0.146. The molecule has 39 heavy (non-hydrogen) atoms. The van der Waals surface area contributed by atoms with E-state index in [0.717, 1.165) is 17.7 Å². The Labute approximate surface area is 228 Å². The molecule has 3 fully saturated rings. The Morgan fingerprint density at radius 2 is 1.64 bits per heavy atom. The minimum Gasteiger partial charge on any atom is -0.383 e. The summed E-state index contributed by atoms with van der Waals surface area (Å²) in [5.41, 5.74) is 0. The Balaban J connectivity index is 1.85. The Morgan fingerprint density at radius 1 is 1.00 bits per heavy atom. The summed E-state index contributed by atoms with van der Waals surface area (Å²) in [6.07, 6.45) is 0.432.